The Balaban J connectivity index is 1.54. The third kappa shape index (κ3) is 5.93. The van der Waals surface area contributed by atoms with Crippen LogP contribution in [0.5, 0.6) is 5.75 Å². The summed E-state index contributed by atoms with van der Waals surface area (Å²) in [7, 11) is 0. The molecule has 1 saturated heterocycles. The second-order valence-corrected chi connectivity index (χ2v) is 8.38. The predicted molar refractivity (Wildman–Crippen MR) is 127 cm³/mol. The number of halogens is 1. The fourth-order valence-electron chi connectivity index (χ4n) is 4.20. The number of carbonyl (C=O) groups excluding carboxylic acids is 1. The first kappa shape index (κ1) is 22.9. The third-order valence-corrected chi connectivity index (χ3v) is 5.90. The number of hydrogen-bond donors (Lipinski definition) is 1. The second kappa shape index (κ2) is 10.5. The van der Waals surface area contributed by atoms with Gasteiger partial charge in [-0.25, -0.2) is 14.4 Å². The van der Waals surface area contributed by atoms with Crippen molar-refractivity contribution >= 4 is 11.6 Å². The Labute approximate surface area is 193 Å². The summed E-state index contributed by atoms with van der Waals surface area (Å²) in [4.78, 5) is 23.7. The van der Waals surface area contributed by atoms with E-state index in [1.165, 1.54) is 25.0 Å². The number of anilines is 1. The average Bonchev–Trinajstić information content (AvgIpc) is 3.30. The van der Waals surface area contributed by atoms with Crippen molar-refractivity contribution < 1.29 is 13.9 Å². The van der Waals surface area contributed by atoms with E-state index in [2.05, 4.69) is 20.2 Å². The van der Waals surface area contributed by atoms with Gasteiger partial charge < -0.3 is 10.1 Å². The van der Waals surface area contributed by atoms with Crippen LogP contribution in [0.2, 0.25) is 0 Å². The Kier molecular flexibility index (Phi) is 7.29. The summed E-state index contributed by atoms with van der Waals surface area (Å²) in [6.07, 6.45) is 4.21. The van der Waals surface area contributed by atoms with Gasteiger partial charge in [-0.15, -0.1) is 0 Å². The van der Waals surface area contributed by atoms with Crippen molar-refractivity contribution in [2.75, 3.05) is 31.6 Å². The largest absolute Gasteiger partial charge is 0.492 e. The Morgan fingerprint density at radius 3 is 2.45 bits per heavy atom. The highest BCUT2D eigenvalue weighted by atomic mass is 19.1. The molecule has 0 radical (unpaired) electrons. The first-order chi connectivity index (χ1) is 16.0. The van der Waals surface area contributed by atoms with Crippen molar-refractivity contribution in [1.29, 1.82) is 0 Å². The lowest BCUT2D eigenvalue weighted by Crippen LogP contribution is -2.25. The molecule has 2 heterocycles. The van der Waals surface area contributed by atoms with Crippen molar-refractivity contribution in [2.45, 2.75) is 33.1 Å². The molecule has 1 fully saturated rings. The Morgan fingerprint density at radius 1 is 1.06 bits per heavy atom. The molecule has 6 nitrogen and oxygen atoms in total. The van der Waals surface area contributed by atoms with Crippen LogP contribution in [0.15, 0.2) is 48.8 Å². The van der Waals surface area contributed by atoms with Gasteiger partial charge in [-0.3, -0.25) is 9.69 Å². The summed E-state index contributed by atoms with van der Waals surface area (Å²) >= 11 is 0. The van der Waals surface area contributed by atoms with Crippen molar-refractivity contribution in [1.82, 2.24) is 14.9 Å². The zero-order valence-electron chi connectivity index (χ0n) is 19.1. The van der Waals surface area contributed by atoms with Gasteiger partial charge in [-0.2, -0.15) is 0 Å². The molecule has 1 amide bonds. The molecule has 0 unspecified atom stereocenters. The highest BCUT2D eigenvalue weighted by Crippen LogP contribution is 2.35. The van der Waals surface area contributed by atoms with Crippen molar-refractivity contribution in [3.8, 4) is 16.9 Å². The van der Waals surface area contributed by atoms with E-state index in [0.717, 1.165) is 53.5 Å². The first-order valence-corrected chi connectivity index (χ1v) is 11.3. The molecule has 172 valence electrons. The lowest BCUT2D eigenvalue weighted by atomic mass is 10.0. The van der Waals surface area contributed by atoms with Gasteiger partial charge >= 0.3 is 0 Å². The van der Waals surface area contributed by atoms with Crippen molar-refractivity contribution in [3.05, 3.63) is 71.6 Å². The molecule has 0 bridgehead atoms. The van der Waals surface area contributed by atoms with Gasteiger partial charge in [0.1, 0.15) is 24.5 Å². The molecule has 0 spiro atoms. The van der Waals surface area contributed by atoms with Crippen LogP contribution in [0.4, 0.5) is 10.1 Å². The van der Waals surface area contributed by atoms with Crippen LogP contribution in [0.1, 0.15) is 29.8 Å². The van der Waals surface area contributed by atoms with Crippen LogP contribution in [0, 0.1) is 19.7 Å². The van der Waals surface area contributed by atoms with Crippen molar-refractivity contribution in [2.24, 2.45) is 0 Å². The van der Waals surface area contributed by atoms with E-state index in [1.807, 2.05) is 32.0 Å². The summed E-state index contributed by atoms with van der Waals surface area (Å²) in [5.41, 5.74) is 4.86. The number of hydrogen-bond acceptors (Lipinski definition) is 5. The van der Waals surface area contributed by atoms with Gasteiger partial charge in [-0.05, 0) is 75.7 Å². The molecule has 0 atom stereocenters. The van der Waals surface area contributed by atoms with Crippen LogP contribution in [-0.4, -0.2) is 47.0 Å². The zero-order chi connectivity index (χ0) is 23.2. The molecule has 0 saturated carbocycles. The molecular formula is C26H29FN4O2. The molecule has 3 aromatic rings. The summed E-state index contributed by atoms with van der Waals surface area (Å²) < 4.78 is 19.3. The maximum atomic E-state index is 13.1. The molecular weight excluding hydrogens is 419 g/mol. The topological polar surface area (TPSA) is 67.3 Å². The van der Waals surface area contributed by atoms with Crippen LogP contribution >= 0.6 is 0 Å². The van der Waals surface area contributed by atoms with Gasteiger partial charge in [0.25, 0.3) is 0 Å². The second-order valence-electron chi connectivity index (χ2n) is 8.38. The average molecular weight is 449 g/mol. The fourth-order valence-corrected chi connectivity index (χ4v) is 4.20. The van der Waals surface area contributed by atoms with Crippen LogP contribution in [0.25, 0.3) is 11.1 Å². The van der Waals surface area contributed by atoms with Gasteiger partial charge in [0, 0.05) is 34.7 Å². The van der Waals surface area contributed by atoms with Crippen LogP contribution in [0.3, 0.4) is 0 Å². The Morgan fingerprint density at radius 2 is 1.76 bits per heavy atom. The lowest BCUT2D eigenvalue weighted by molar-refractivity contribution is -0.115. The summed E-state index contributed by atoms with van der Waals surface area (Å²) in [5.74, 6) is 0.250. The Bertz CT molecular complexity index is 1090. The fraction of sp³-hybridized carbons (Fsp3) is 0.346. The summed E-state index contributed by atoms with van der Waals surface area (Å²) in [6.45, 7) is 7.61. The van der Waals surface area contributed by atoms with E-state index in [1.54, 1.807) is 18.5 Å². The van der Waals surface area contributed by atoms with Gasteiger partial charge in [0.05, 0.1) is 6.42 Å². The van der Waals surface area contributed by atoms with E-state index in [9.17, 15) is 9.18 Å². The minimum Gasteiger partial charge on any atom is -0.492 e. The number of nitrogens with one attached hydrogen (secondary N) is 1. The zero-order valence-corrected chi connectivity index (χ0v) is 19.1. The standard InChI is InChI=1S/C26H29FN4O2/c1-18-26(19(2)29-17-28-18)23-16-22(30-25(32)15-20-5-7-21(27)8-6-20)9-10-24(23)33-14-13-31-11-3-4-12-31/h5-10,16-17H,3-4,11-15H2,1-2H3,(H,30,32). The highest BCUT2D eigenvalue weighted by Gasteiger charge is 2.17. The molecule has 1 aliphatic heterocycles. The van der Waals surface area contributed by atoms with Crippen LogP contribution < -0.4 is 10.1 Å². The van der Waals surface area contributed by atoms with Gasteiger partial charge in [0.15, 0.2) is 0 Å². The number of rotatable bonds is 8. The Hall–Kier alpha value is -3.32. The molecule has 1 aromatic heterocycles. The van der Waals surface area contributed by atoms with E-state index < -0.39 is 0 Å². The minimum atomic E-state index is -0.320. The minimum absolute atomic E-state index is 0.163. The smallest absolute Gasteiger partial charge is 0.228 e. The van der Waals surface area contributed by atoms with Gasteiger partial charge in [0.2, 0.25) is 5.91 Å². The molecule has 4 rings (SSSR count). The van der Waals surface area contributed by atoms with Crippen LogP contribution in [-0.2, 0) is 11.2 Å². The number of benzene rings is 2. The number of aryl methyl sites for hydroxylation is 2. The van der Waals surface area contributed by atoms with Crippen molar-refractivity contribution in [3.63, 3.8) is 0 Å². The van der Waals surface area contributed by atoms with E-state index in [-0.39, 0.29) is 18.1 Å². The maximum Gasteiger partial charge on any atom is 0.228 e. The number of carbonyl (C=O) groups is 1. The molecule has 1 aliphatic rings. The van der Waals surface area contributed by atoms with E-state index in [0.29, 0.717) is 12.3 Å². The number of amides is 1. The summed E-state index contributed by atoms with van der Waals surface area (Å²) in [5, 5.41) is 2.94. The molecule has 0 aliphatic carbocycles. The lowest BCUT2D eigenvalue weighted by Gasteiger charge is -2.18. The number of nitrogens with zero attached hydrogens (tertiary/aromatic N) is 3. The molecule has 7 heteroatoms. The molecule has 2 aromatic carbocycles. The number of aromatic nitrogens is 2. The predicted octanol–water partition coefficient (Wildman–Crippen LogP) is 4.56. The number of likely N-dealkylation sites (tertiary alicyclic amines) is 1. The molecule has 33 heavy (non-hydrogen) atoms. The van der Waals surface area contributed by atoms with Gasteiger partial charge in [-0.1, -0.05) is 12.1 Å². The molecule has 1 N–H and O–H groups in total. The maximum absolute atomic E-state index is 13.1. The normalized spacial score (nSPS) is 13.8. The first-order valence-electron chi connectivity index (χ1n) is 11.3. The monoisotopic (exact) mass is 448 g/mol. The summed E-state index contributed by atoms with van der Waals surface area (Å²) in [6, 6.07) is 11.6. The highest BCUT2D eigenvalue weighted by molar-refractivity contribution is 5.93. The van der Waals surface area contributed by atoms with E-state index in [4.69, 9.17) is 4.74 Å². The van der Waals surface area contributed by atoms with E-state index >= 15 is 0 Å². The SMILES string of the molecule is Cc1ncnc(C)c1-c1cc(NC(=O)Cc2ccc(F)cc2)ccc1OCCN1CCCC1. The number of ether oxygens (including phenoxy) is 1. The quantitative estimate of drug-likeness (QED) is 0.547. The third-order valence-electron chi connectivity index (χ3n) is 5.90.